The Morgan fingerprint density at radius 2 is 1.73 bits per heavy atom. The minimum absolute atomic E-state index is 0.00756. The summed E-state index contributed by atoms with van der Waals surface area (Å²) < 4.78 is 64.9. The normalized spacial score (nSPS) is 20.9. The van der Waals surface area contributed by atoms with Crippen LogP contribution in [0.4, 0.5) is 11.5 Å². The van der Waals surface area contributed by atoms with E-state index < -0.39 is 102 Å². The van der Waals surface area contributed by atoms with Crippen LogP contribution in [0.2, 0.25) is 0 Å². The summed E-state index contributed by atoms with van der Waals surface area (Å²) in [5.41, 5.74) is 12.6. The number of phosphoric ester groups is 3. The molecule has 89 heavy (non-hydrogen) atoms. The number of phosphoric acid groups is 3. The van der Waals surface area contributed by atoms with Crippen LogP contribution in [-0.4, -0.2) is 190 Å². The fraction of sp³-hybridized carbons (Fsp3) is 0.436. The van der Waals surface area contributed by atoms with Crippen LogP contribution in [0.25, 0.3) is 16.7 Å². The molecule has 2 aromatic carbocycles. The summed E-state index contributed by atoms with van der Waals surface area (Å²) in [6, 6.07) is 11.3. The maximum Gasteiger partial charge on any atom is 0.481 e. The number of benzene rings is 2. The van der Waals surface area contributed by atoms with Crippen molar-refractivity contribution in [2.45, 2.75) is 81.8 Å². The van der Waals surface area contributed by atoms with E-state index in [9.17, 15) is 72.6 Å². The van der Waals surface area contributed by atoms with Crippen LogP contribution in [0.1, 0.15) is 78.4 Å². The molecule has 8 atom stereocenters. The van der Waals surface area contributed by atoms with Gasteiger partial charge in [0.15, 0.2) is 29.2 Å². The summed E-state index contributed by atoms with van der Waals surface area (Å²) in [5.74, 6) is 0.267. The zero-order chi connectivity index (χ0) is 64.9. The van der Waals surface area contributed by atoms with Gasteiger partial charge in [0, 0.05) is 93.1 Å². The number of aliphatic hydroxyl groups is 2. The van der Waals surface area contributed by atoms with E-state index in [4.69, 9.17) is 19.5 Å². The standard InChI is InChI=1S/C55H67N10O20P3S/c1-55(2,28-82-88(79,80)85-87(77,78)81-27-41-48(84-86(74,75)76)47(70)54(83-41)65-30-61-46-50(56)59-29-60-51(46)65)49(71)52(72)58-17-15-43(68)57-18-21-89-42-26-44(69)64(53(42)73)19-7-8-40(67)32-10-9-31(16-20-66)39(25-32)45-37-13-11-35(62(3)4)23-33(37)22-34-24-36(63(5)6)12-14-38(34)45/h9-14,23-25,29-30,41-42,47-49,54,70-71H,7-8,15,17-19,21-22,26-28H2,1-6H3,(H8,56,57,58,59,60,68,72,74,75,76,77,78,79,80). The van der Waals surface area contributed by atoms with Gasteiger partial charge < -0.3 is 60.9 Å². The molecule has 0 spiro atoms. The van der Waals surface area contributed by atoms with Crippen LogP contribution in [0.3, 0.4) is 0 Å². The molecule has 2 saturated heterocycles. The van der Waals surface area contributed by atoms with E-state index in [1.54, 1.807) is 24.3 Å². The van der Waals surface area contributed by atoms with Crippen LogP contribution >= 0.6 is 35.2 Å². The van der Waals surface area contributed by atoms with Crippen molar-refractivity contribution in [3.63, 3.8) is 0 Å². The van der Waals surface area contributed by atoms with E-state index in [1.807, 2.05) is 62.0 Å². The van der Waals surface area contributed by atoms with Crippen LogP contribution in [0, 0.1) is 17.4 Å². The summed E-state index contributed by atoms with van der Waals surface area (Å²) in [6.07, 6.45) is 1.54. The highest BCUT2D eigenvalue weighted by Gasteiger charge is 2.50. The Kier molecular flexibility index (Phi) is 21.5. The number of rotatable bonds is 27. The Bertz CT molecular complexity index is 3790. The number of ether oxygens (including phenoxy) is 1. The van der Waals surface area contributed by atoms with Crippen molar-refractivity contribution < 1.29 is 99.8 Å². The number of nitrogens with two attached hydrogens (primary N) is 1. The molecule has 30 nitrogen and oxygen atoms in total. The number of allylic oxidation sites excluding steroid dienone is 5. The highest BCUT2D eigenvalue weighted by Crippen LogP contribution is 2.61. The number of nitrogens with one attached hydrogen (secondary N) is 2. The van der Waals surface area contributed by atoms with E-state index in [1.165, 1.54) is 13.8 Å². The lowest BCUT2D eigenvalue weighted by Gasteiger charge is -2.30. The van der Waals surface area contributed by atoms with Crippen molar-refractivity contribution in [1.29, 1.82) is 0 Å². The predicted octanol–water partition coefficient (Wildman–Crippen LogP) is 1.23. The van der Waals surface area contributed by atoms with Gasteiger partial charge >= 0.3 is 23.5 Å². The fourth-order valence-electron chi connectivity index (χ4n) is 10.1. The van der Waals surface area contributed by atoms with Gasteiger partial charge in [0.25, 0.3) is 0 Å². The van der Waals surface area contributed by atoms with Gasteiger partial charge in [-0.3, -0.25) is 47.0 Å². The zero-order valence-electron chi connectivity index (χ0n) is 48.9. The van der Waals surface area contributed by atoms with E-state index in [2.05, 4.69) is 52.5 Å². The molecule has 8 rings (SSSR count). The maximum atomic E-state index is 13.9. The minimum Gasteiger partial charge on any atom is -0.833 e. The molecule has 0 saturated carbocycles. The van der Waals surface area contributed by atoms with Gasteiger partial charge in [-0.05, 0) is 76.6 Å². The molecule has 2 aliphatic carbocycles. The lowest BCUT2D eigenvalue weighted by molar-refractivity contribution is -0.462. The van der Waals surface area contributed by atoms with Gasteiger partial charge in [0.1, 0.15) is 50.4 Å². The number of hydrogen-bond acceptors (Lipinski definition) is 22. The molecule has 4 aliphatic rings. The molecule has 10 N–H and O–H groups in total. The van der Waals surface area contributed by atoms with Crippen LogP contribution in [-0.2, 0) is 61.9 Å². The second-order valence-corrected chi connectivity index (χ2v) is 27.6. The average molecular weight is 1310 g/mol. The molecular formula is C55H67N10O20P3S. The average Bonchev–Trinajstić information content (AvgIpc) is 1.67. The Morgan fingerprint density at radius 1 is 0.989 bits per heavy atom. The minimum atomic E-state index is -5.64. The molecule has 2 fully saturated rings. The number of carbonyl (C=O) groups excluding carboxylic acids is 5. The van der Waals surface area contributed by atoms with Crippen molar-refractivity contribution in [2.75, 3.05) is 77.4 Å². The quantitative estimate of drug-likeness (QED) is 0.0101. The topological polar surface area (TPSA) is 430 Å². The largest absolute Gasteiger partial charge is 0.833 e. The van der Waals surface area contributed by atoms with Crippen molar-refractivity contribution in [3.8, 4) is 12.0 Å². The van der Waals surface area contributed by atoms with Gasteiger partial charge in [-0.15, -0.1) is 11.8 Å². The first-order valence-corrected chi connectivity index (χ1v) is 33.1. The molecule has 2 aliphatic heterocycles. The fourth-order valence-corrected chi connectivity index (χ4v) is 14.0. The van der Waals surface area contributed by atoms with E-state index >= 15 is 0 Å². The maximum absolute atomic E-state index is 13.9. The van der Waals surface area contributed by atoms with Crippen molar-refractivity contribution in [2.24, 2.45) is 5.41 Å². The number of nitrogen functional groups attached to an aromatic ring is 1. The number of hydrogen-bond donors (Lipinski definition) is 9. The molecular weight excluding hydrogens is 1250 g/mol. The Labute approximate surface area is 514 Å². The zero-order valence-corrected chi connectivity index (χ0v) is 52.4. The number of ketones is 1. The number of nitrogens with zero attached hydrogens (tertiary/aromatic N) is 7. The third kappa shape index (κ3) is 16.6. The number of carbonyl (C=O) groups is 5. The summed E-state index contributed by atoms with van der Waals surface area (Å²) in [5, 5.41) is 37.8. The third-order valence-corrected chi connectivity index (χ3v) is 19.0. The van der Waals surface area contributed by atoms with Crippen LogP contribution in [0.15, 0.2) is 78.4 Å². The summed E-state index contributed by atoms with van der Waals surface area (Å²) in [4.78, 5) is 120. The Balaban J connectivity index is 0.751. The number of Topliss-reactive ketones (excluding diaryl/α,β-unsaturated/α-hetero) is 1. The number of likely N-dealkylation sites (tertiary alicyclic amines) is 1. The molecule has 0 bridgehead atoms. The Hall–Kier alpha value is -6.81. The number of thioether (sulfide) groups is 1. The monoisotopic (exact) mass is 1310 g/mol. The lowest BCUT2D eigenvalue weighted by atomic mass is 9.76. The Morgan fingerprint density at radius 3 is 2.44 bits per heavy atom. The molecule has 478 valence electrons. The lowest BCUT2D eigenvalue weighted by Crippen LogP contribution is -2.46. The number of aromatic nitrogens is 4. The van der Waals surface area contributed by atoms with Gasteiger partial charge in [0.2, 0.25) is 23.6 Å². The highest BCUT2D eigenvalue weighted by atomic mass is 32.2. The first kappa shape index (κ1) is 68.1. The van der Waals surface area contributed by atoms with E-state index in [0.29, 0.717) is 23.1 Å². The number of imidazole rings is 1. The van der Waals surface area contributed by atoms with Gasteiger partial charge in [-0.25, -0.2) is 33.2 Å². The molecule has 0 radical (unpaired) electrons. The number of fused-ring (bicyclic) bond motifs is 3. The van der Waals surface area contributed by atoms with Crippen molar-refractivity contribution in [3.05, 3.63) is 106 Å². The molecule has 34 heteroatoms. The predicted molar refractivity (Wildman–Crippen MR) is 319 cm³/mol. The van der Waals surface area contributed by atoms with Crippen LogP contribution in [0.5, 0.6) is 0 Å². The molecule has 4 heterocycles. The van der Waals surface area contributed by atoms with Crippen molar-refractivity contribution >= 4 is 98.6 Å². The number of aliphatic hydroxyl groups excluding tert-OH is 2. The van der Waals surface area contributed by atoms with Crippen LogP contribution < -0.4 is 26.4 Å². The van der Waals surface area contributed by atoms with E-state index in [-0.39, 0.29) is 73.8 Å². The first-order valence-electron chi connectivity index (χ1n) is 27.5. The number of anilines is 2. The molecule has 4 aromatic rings. The number of imide groups is 1. The van der Waals surface area contributed by atoms with Gasteiger partial charge in [0.05, 0.1) is 24.8 Å². The summed E-state index contributed by atoms with van der Waals surface area (Å²) in [7, 11) is -8.71. The summed E-state index contributed by atoms with van der Waals surface area (Å²) >= 11 is 1.16. The SMILES string of the molecule is CN(C)c1ccc2c(c1)CC1=CC(=[N+](C)C)C=CC1=C2c1cc(C(=O)CCCN2C(=O)CC(SCCNC(=O)CCNC(=O)C(O)C(C)(C)COP(=O)(O)OP(=O)(O)OCC3OC(n4cnc5c(N)ncnc54)C(O)C3OP(=O)(O)O)C2=O)ccc1C#C[O-]. The molecule has 4 amide bonds. The van der Waals surface area contributed by atoms with Gasteiger partial charge in [-0.1, -0.05) is 31.9 Å². The third-order valence-electron chi connectivity index (χ3n) is 14.7. The molecule has 2 aromatic heterocycles. The number of amides is 4. The highest BCUT2D eigenvalue weighted by molar-refractivity contribution is 8.00. The van der Waals surface area contributed by atoms with Gasteiger partial charge in [-0.2, -0.15) is 10.4 Å². The van der Waals surface area contributed by atoms with E-state index in [0.717, 1.165) is 73.1 Å². The summed E-state index contributed by atoms with van der Waals surface area (Å²) in [6.45, 7) is 0.163. The second-order valence-electron chi connectivity index (χ2n) is 22.1. The molecule has 8 unspecified atom stereocenters. The first-order chi connectivity index (χ1) is 41.9. The second kappa shape index (κ2) is 28.1. The smallest absolute Gasteiger partial charge is 0.481 e. The van der Waals surface area contributed by atoms with Crippen molar-refractivity contribution in [1.82, 2.24) is 35.1 Å².